The van der Waals surface area contributed by atoms with Gasteiger partial charge in [-0.3, -0.25) is 23.8 Å². The van der Waals surface area contributed by atoms with E-state index in [0.29, 0.717) is 48.7 Å². The van der Waals surface area contributed by atoms with E-state index in [-0.39, 0.29) is 68.6 Å². The van der Waals surface area contributed by atoms with Crippen LogP contribution in [0.15, 0.2) is 299 Å². The quantitative estimate of drug-likeness (QED) is 0.00835. The van der Waals surface area contributed by atoms with E-state index in [1.165, 1.54) is 33.6 Å². The normalized spacial score (nSPS) is 14.4. The number of thiazole rings is 3. The number of thiocyanates is 2. The minimum Gasteiger partial charge on any atom is -0.696 e. The smallest absolute Gasteiger partial charge is 0.696 e. The van der Waals surface area contributed by atoms with Crippen LogP contribution in [0.5, 0.6) is 0 Å². The zero-order valence-electron chi connectivity index (χ0n) is 63.0. The summed E-state index contributed by atoms with van der Waals surface area (Å²) in [6.07, 6.45) is 1.60. The number of Topliss-reactive ketones (excluding diaryl/α,β-unsaturated/α-hetero) is 2. The predicted octanol–water partition coefficient (Wildman–Crippen LogP) is 19.8. The van der Waals surface area contributed by atoms with Gasteiger partial charge in [0.1, 0.15) is 11.0 Å². The Morgan fingerprint density at radius 3 is 1.50 bits per heavy atom. The van der Waals surface area contributed by atoms with Crippen molar-refractivity contribution in [2.45, 2.75) is 61.7 Å². The van der Waals surface area contributed by atoms with Crippen molar-refractivity contribution in [1.29, 1.82) is 10.5 Å². The fourth-order valence-electron chi connectivity index (χ4n) is 10.3. The van der Waals surface area contributed by atoms with E-state index in [1.807, 2.05) is 265 Å². The van der Waals surface area contributed by atoms with Gasteiger partial charge in [0.2, 0.25) is 0 Å². The van der Waals surface area contributed by atoms with Gasteiger partial charge in [0.05, 0.1) is 39.9 Å². The molecule has 4 atom stereocenters. The predicted molar refractivity (Wildman–Crippen MR) is 480 cm³/mol. The number of aromatic nitrogens is 3. The average Bonchev–Trinajstić information content (AvgIpc) is 1.77. The maximum absolute atomic E-state index is 12.6. The molecule has 2 aliphatic heterocycles. The molecule has 3 aromatic heterocycles. The number of cyclic esters (lactones) is 1. The van der Waals surface area contributed by atoms with Crippen LogP contribution in [-0.2, 0) is 38.7 Å². The Kier molecular flexibility index (Phi) is 44.8. The summed E-state index contributed by atoms with van der Waals surface area (Å²) >= 11 is 35.5. The molecule has 5 heterocycles. The van der Waals surface area contributed by atoms with Gasteiger partial charge in [-0.05, 0) is 119 Å². The number of thioether (sulfide) groups is 2. The maximum Gasteiger partial charge on any atom is 1.00 e. The number of ether oxygens (including phenoxy) is 1. The number of nitrogens with one attached hydrogen (secondary N) is 3. The number of hydrogen-bond acceptors (Lipinski definition) is 21. The summed E-state index contributed by atoms with van der Waals surface area (Å²) in [7, 11) is 0. The third-order valence-corrected chi connectivity index (χ3v) is 20.5. The van der Waals surface area contributed by atoms with Crippen LogP contribution in [0.3, 0.4) is 0 Å². The number of hydrogen-bond donors (Lipinski definition) is 6. The minimum absolute atomic E-state index is 0. The summed E-state index contributed by atoms with van der Waals surface area (Å²) in [4.78, 5) is 59.1. The van der Waals surface area contributed by atoms with Gasteiger partial charge in [-0.1, -0.05) is 313 Å². The van der Waals surface area contributed by atoms with E-state index < -0.39 is 22.0 Å². The van der Waals surface area contributed by atoms with Crippen LogP contribution in [0.4, 0.5) is 15.1 Å². The van der Waals surface area contributed by atoms with Crippen LogP contribution in [0.25, 0.3) is 39.5 Å². The number of ketones is 2. The number of nitriles is 2. The van der Waals surface area contributed by atoms with Crippen molar-refractivity contribution in [2.24, 2.45) is 5.73 Å². The van der Waals surface area contributed by atoms with Crippen molar-refractivity contribution >= 4 is 166 Å². The summed E-state index contributed by atoms with van der Waals surface area (Å²) in [6.45, 7) is 7.36. The van der Waals surface area contributed by atoms with E-state index in [9.17, 15) is 34.0 Å². The molecule has 4 unspecified atom stereocenters. The Morgan fingerprint density at radius 2 is 1.07 bits per heavy atom. The molecule has 0 spiro atoms. The Labute approximate surface area is 743 Å². The number of nitrogens with two attached hydrogens (primary N) is 1. The van der Waals surface area contributed by atoms with Crippen LogP contribution in [0.2, 0.25) is 0 Å². The van der Waals surface area contributed by atoms with Crippen LogP contribution in [0.1, 0.15) is 83.0 Å². The maximum atomic E-state index is 12.6. The van der Waals surface area contributed by atoms with Crippen LogP contribution in [0, 0.1) is 21.3 Å². The van der Waals surface area contributed by atoms with Gasteiger partial charge >= 0.3 is 45.7 Å². The molecule has 12 aromatic rings. The number of aliphatic hydroxyl groups is 2. The molecule has 7 N–H and O–H groups in total. The molecular weight excluding hydrogens is 1700 g/mol. The molecule has 592 valence electrons. The first-order valence-corrected chi connectivity index (χ1v) is 45.2. The molecule has 30 heteroatoms. The summed E-state index contributed by atoms with van der Waals surface area (Å²) in [5.74, 6) is 0.272. The Bertz CT molecular complexity index is 5020. The molecule has 1 saturated heterocycles. The monoisotopic (exact) mass is 1780 g/mol. The van der Waals surface area contributed by atoms with Crippen molar-refractivity contribution < 1.29 is 63.5 Å². The van der Waals surface area contributed by atoms with Gasteiger partial charge in [-0.2, -0.15) is 5.26 Å². The Hall–Kier alpha value is -7.92. The largest absolute Gasteiger partial charge is 1.00 e. The molecule has 0 bridgehead atoms. The van der Waals surface area contributed by atoms with E-state index >= 15 is 0 Å². The number of rotatable bonds is 19. The zero-order chi connectivity index (χ0) is 82.6. The molecule has 0 saturated carbocycles. The van der Waals surface area contributed by atoms with E-state index in [0.717, 1.165) is 79.5 Å². The first-order valence-electron chi connectivity index (χ1n) is 34.9. The molecule has 14 rings (SSSR count). The van der Waals surface area contributed by atoms with Gasteiger partial charge < -0.3 is 48.9 Å². The zero-order valence-corrected chi connectivity index (χ0v) is 74.5. The summed E-state index contributed by atoms with van der Waals surface area (Å²) in [6, 6.07) is 87.3. The summed E-state index contributed by atoms with van der Waals surface area (Å²) in [5.41, 5.74) is 15.7. The summed E-state index contributed by atoms with van der Waals surface area (Å²) < 4.78 is 15.3. The number of aromatic amines is 1. The first kappa shape index (κ1) is 97.7. The van der Waals surface area contributed by atoms with E-state index in [2.05, 4.69) is 96.2 Å². The standard InChI is InChI=1S/C20H18N2O2S.C19H20N2OS.C10H15NO.C9H8ClNS.2C9H7NOS.C8H7ClO.CHNS.Cl3OP.Na/c1-20(16-10-6-3-7-11-16)12-13-22(19(23)24-20)18-21-17(14-25-18)15-8-4-2-5-9-15;1-19(22,16-10-6-3-7-11-16)12-13-20-18-21-17(14-23-18)15-8-4-2-5-9-15;1-10(12,7-8-11)9-5-3-2-4-6-9;10-9-11-8(6-12-9)7-4-2-1-3-5-7;11-9-10-8(6-12-9)7-4-2-1-3-5-7;10-7-12-6-9(11)8-4-2-1-3-5-8;9-6-8(10)7-4-2-1-3-5-7;2-1-3;1-5(2,3)4;/h2-11,14H,12-13H2,1H3;2-11,14,22H,12-13H2,1H3,(H,20,21);2-6,12H,7-8,11H2,1H3;1-6,9,11H;1-6H,(H,10,11);1-5H,6H2;1-5H,6H2;3H;;/q;;;;;;;;;+1/p-1. The molecule has 2 aliphatic rings. The number of alkyl halides is 2. The van der Waals surface area contributed by atoms with Crippen LogP contribution in [-0.4, -0.2) is 78.9 Å². The third-order valence-electron chi connectivity index (χ3n) is 16.3. The first-order chi connectivity index (χ1) is 54.8. The molecular formula is C85H82Cl5N9NaO8PS6. The number of halogens is 5. The molecule has 1 amide bonds. The number of H-pyrrole nitrogens is 1. The fourth-order valence-corrected chi connectivity index (χ4v) is 13.9. The van der Waals surface area contributed by atoms with E-state index in [4.69, 9.17) is 44.2 Å². The average molecular weight is 1780 g/mol. The van der Waals surface area contributed by atoms with Crippen LogP contribution >= 0.6 is 120 Å². The number of anilines is 2. The van der Waals surface area contributed by atoms with Crippen molar-refractivity contribution in [3.63, 3.8) is 0 Å². The number of carbonyl (C=O) groups excluding carboxylic acids is 3. The molecule has 17 nitrogen and oxygen atoms in total. The van der Waals surface area contributed by atoms with Crippen molar-refractivity contribution in [2.75, 3.05) is 41.5 Å². The van der Waals surface area contributed by atoms with Gasteiger partial charge in [0.25, 0.3) is 0 Å². The molecule has 115 heavy (non-hydrogen) atoms. The fraction of sp³-hybridized carbons (Fsp3) is 0.176. The summed E-state index contributed by atoms with van der Waals surface area (Å²) in [5, 5.41) is 51.8. The second-order valence-corrected chi connectivity index (χ2v) is 36.7. The van der Waals surface area contributed by atoms with Gasteiger partial charge in [-0.25, -0.2) is 20.0 Å². The number of nitrogens with zero attached hydrogens (tertiary/aromatic N) is 5. The van der Waals surface area contributed by atoms with Crippen molar-refractivity contribution in [3.05, 3.63) is 338 Å². The number of carbonyl (C=O) groups is 3. The minimum atomic E-state index is -3.22. The van der Waals surface area contributed by atoms with Crippen molar-refractivity contribution in [1.82, 2.24) is 20.3 Å². The second-order valence-electron chi connectivity index (χ2n) is 24.7. The molecule has 0 radical (unpaired) electrons. The third kappa shape index (κ3) is 36.2. The number of benzene rings is 9. The molecule has 0 aliphatic carbocycles. The van der Waals surface area contributed by atoms with Gasteiger partial charge in [-0.15, -0.1) is 34.3 Å². The van der Waals surface area contributed by atoms with Gasteiger partial charge in [0.15, 0.2) is 26.7 Å². The Balaban J connectivity index is 0.000000242. The SMILES string of the molecule is CC(O)(CCN)c1ccccc1.CC(O)(CCNc1nc(-c2ccccc2)cs1)c1ccccc1.CC1(c2ccccc2)CCN(c2nc(-c3ccccc3)cs2)C(=O)O1.ClC1NC(c2ccccc2)=CS1.N#CSCC(=O)c1ccccc1.N#C[S-].O=C(CCl)c1ccccc1.O=P(Cl)(Cl)Cl.O=c1[nH]c(-c2ccccc2)cs1.[Na+]. The van der Waals surface area contributed by atoms with Gasteiger partial charge in [0, 0.05) is 63.6 Å². The van der Waals surface area contributed by atoms with Crippen molar-refractivity contribution in [3.8, 4) is 44.6 Å². The number of amides is 1. The van der Waals surface area contributed by atoms with E-state index in [1.54, 1.807) is 59.2 Å². The topological polar surface area (TPSA) is 278 Å². The van der Waals surface area contributed by atoms with Crippen LogP contribution < -0.4 is 55.7 Å². The second kappa shape index (κ2) is 52.7. The molecule has 1 fully saturated rings. The Morgan fingerprint density at radius 1 is 0.652 bits per heavy atom. The molecule has 9 aromatic carbocycles.